The number of hydrogen-bond acceptors (Lipinski definition) is 4. The van der Waals surface area contributed by atoms with Gasteiger partial charge in [-0.3, -0.25) is 14.4 Å². The van der Waals surface area contributed by atoms with Gasteiger partial charge in [0.1, 0.15) is 5.75 Å². The third kappa shape index (κ3) is 6.30. The Hall–Kier alpha value is -3.41. The van der Waals surface area contributed by atoms with Gasteiger partial charge in [-0.05, 0) is 55.2 Å². The van der Waals surface area contributed by atoms with E-state index in [0.29, 0.717) is 28.6 Å². The van der Waals surface area contributed by atoms with Crippen molar-refractivity contribution < 1.29 is 19.1 Å². The Labute approximate surface area is 176 Å². The van der Waals surface area contributed by atoms with Crippen LogP contribution in [0.4, 0.5) is 11.4 Å². The van der Waals surface area contributed by atoms with E-state index in [4.69, 9.17) is 4.74 Å². The molecular formula is C24H26N2O4. The highest BCUT2D eigenvalue weighted by Gasteiger charge is 2.13. The third-order valence-electron chi connectivity index (χ3n) is 4.96. The number of ether oxygens (including phenoxy) is 1. The summed E-state index contributed by atoms with van der Waals surface area (Å²) in [6, 6.07) is 13.4. The molecule has 0 unspecified atom stereocenters. The van der Waals surface area contributed by atoms with Gasteiger partial charge in [0.2, 0.25) is 5.91 Å². The monoisotopic (exact) mass is 406 g/mol. The van der Waals surface area contributed by atoms with E-state index in [0.717, 1.165) is 12.8 Å². The Bertz CT molecular complexity index is 946. The zero-order valence-electron chi connectivity index (χ0n) is 17.0. The van der Waals surface area contributed by atoms with E-state index in [2.05, 4.69) is 10.6 Å². The van der Waals surface area contributed by atoms with Crippen LogP contribution in [-0.4, -0.2) is 17.8 Å². The molecule has 30 heavy (non-hydrogen) atoms. The number of allylic oxidation sites excluding steroid dienone is 1. The van der Waals surface area contributed by atoms with Crippen LogP contribution in [-0.2, 0) is 9.59 Å². The maximum absolute atomic E-state index is 12.6. The summed E-state index contributed by atoms with van der Waals surface area (Å²) in [5.41, 5.74) is 1.34. The van der Waals surface area contributed by atoms with Crippen molar-refractivity contribution in [2.75, 3.05) is 10.6 Å². The van der Waals surface area contributed by atoms with E-state index in [-0.39, 0.29) is 11.8 Å². The highest BCUT2D eigenvalue weighted by Crippen LogP contribution is 2.25. The summed E-state index contributed by atoms with van der Waals surface area (Å²) in [5.74, 6) is -0.294. The Kier molecular flexibility index (Phi) is 7.38. The van der Waals surface area contributed by atoms with Crippen molar-refractivity contribution in [1.29, 1.82) is 0 Å². The Morgan fingerprint density at radius 2 is 1.63 bits per heavy atom. The molecule has 0 heterocycles. The number of hydrogen-bond donors (Lipinski definition) is 2. The molecule has 0 spiro atoms. The lowest BCUT2D eigenvalue weighted by atomic mass is 9.89. The summed E-state index contributed by atoms with van der Waals surface area (Å²) < 4.78 is 5.02. The number of rotatable bonds is 6. The molecule has 2 amide bonds. The van der Waals surface area contributed by atoms with Crippen molar-refractivity contribution in [3.05, 3.63) is 66.2 Å². The predicted molar refractivity (Wildman–Crippen MR) is 116 cm³/mol. The summed E-state index contributed by atoms with van der Waals surface area (Å²) in [6.07, 6.45) is 9.51. The van der Waals surface area contributed by atoms with Gasteiger partial charge >= 0.3 is 5.97 Å². The van der Waals surface area contributed by atoms with Gasteiger partial charge < -0.3 is 15.4 Å². The Morgan fingerprint density at radius 3 is 2.33 bits per heavy atom. The van der Waals surface area contributed by atoms with Crippen LogP contribution in [0.5, 0.6) is 5.75 Å². The number of carbonyl (C=O) groups is 3. The SMILES string of the molecule is CC(=O)Oc1cccc(C(=O)Nc2ccccc2NC(=O)/C=C/C2CCCCC2)c1. The van der Waals surface area contributed by atoms with Gasteiger partial charge in [-0.1, -0.05) is 43.5 Å². The number of anilines is 2. The summed E-state index contributed by atoms with van der Waals surface area (Å²) in [5, 5.41) is 5.63. The molecule has 2 N–H and O–H groups in total. The Morgan fingerprint density at radius 1 is 0.933 bits per heavy atom. The molecule has 156 valence electrons. The lowest BCUT2D eigenvalue weighted by Crippen LogP contribution is -2.16. The minimum atomic E-state index is -0.457. The van der Waals surface area contributed by atoms with Gasteiger partial charge in [-0.25, -0.2) is 0 Å². The second-order valence-electron chi connectivity index (χ2n) is 7.37. The number of nitrogens with one attached hydrogen (secondary N) is 2. The summed E-state index contributed by atoms with van der Waals surface area (Å²) in [6.45, 7) is 1.30. The summed E-state index contributed by atoms with van der Waals surface area (Å²) in [7, 11) is 0. The van der Waals surface area contributed by atoms with E-state index in [1.165, 1.54) is 32.3 Å². The second kappa shape index (κ2) is 10.4. The molecule has 2 aromatic rings. The van der Waals surface area contributed by atoms with Crippen molar-refractivity contribution in [3.8, 4) is 5.75 Å². The van der Waals surface area contributed by atoms with Crippen molar-refractivity contribution in [2.24, 2.45) is 5.92 Å². The lowest BCUT2D eigenvalue weighted by Gasteiger charge is -2.17. The largest absolute Gasteiger partial charge is 0.427 e. The first-order valence-electron chi connectivity index (χ1n) is 10.2. The quantitative estimate of drug-likeness (QED) is 0.404. The van der Waals surface area contributed by atoms with Gasteiger partial charge in [-0.15, -0.1) is 0 Å². The van der Waals surface area contributed by atoms with E-state index in [9.17, 15) is 14.4 Å². The molecule has 0 radical (unpaired) electrons. The normalized spacial score (nSPS) is 14.3. The standard InChI is InChI=1S/C24H26N2O4/c1-17(27)30-20-11-7-10-19(16-20)24(29)26-22-13-6-5-12-21(22)25-23(28)15-14-18-8-3-2-4-9-18/h5-7,10-16,18H,2-4,8-9H2,1H3,(H,25,28)(H,26,29)/b15-14+. The number of esters is 1. The van der Waals surface area contributed by atoms with Crippen LogP contribution in [0, 0.1) is 5.92 Å². The van der Waals surface area contributed by atoms with Gasteiger partial charge in [0.05, 0.1) is 11.4 Å². The van der Waals surface area contributed by atoms with E-state index >= 15 is 0 Å². The molecule has 6 heteroatoms. The van der Waals surface area contributed by atoms with Crippen molar-refractivity contribution >= 4 is 29.2 Å². The zero-order chi connectivity index (χ0) is 21.3. The van der Waals surface area contributed by atoms with Crippen LogP contribution in [0.25, 0.3) is 0 Å². The molecule has 1 aliphatic rings. The molecule has 2 aromatic carbocycles. The average molecular weight is 406 g/mol. The molecule has 0 aliphatic heterocycles. The highest BCUT2D eigenvalue weighted by atomic mass is 16.5. The first-order chi connectivity index (χ1) is 14.5. The van der Waals surface area contributed by atoms with Gasteiger partial charge in [0.25, 0.3) is 5.91 Å². The first-order valence-corrected chi connectivity index (χ1v) is 10.2. The van der Waals surface area contributed by atoms with Crippen LogP contribution in [0.1, 0.15) is 49.4 Å². The summed E-state index contributed by atoms with van der Waals surface area (Å²) in [4.78, 5) is 36.1. The molecule has 0 atom stereocenters. The van der Waals surface area contributed by atoms with E-state index < -0.39 is 5.97 Å². The zero-order valence-corrected chi connectivity index (χ0v) is 17.0. The molecule has 3 rings (SSSR count). The van der Waals surface area contributed by atoms with Crippen molar-refractivity contribution in [3.63, 3.8) is 0 Å². The Balaban J connectivity index is 1.66. The highest BCUT2D eigenvalue weighted by molar-refractivity contribution is 6.08. The number of carbonyl (C=O) groups excluding carboxylic acids is 3. The lowest BCUT2D eigenvalue weighted by molar-refractivity contribution is -0.131. The van der Waals surface area contributed by atoms with Crippen molar-refractivity contribution in [2.45, 2.75) is 39.0 Å². The van der Waals surface area contributed by atoms with Crippen LogP contribution in [0.3, 0.4) is 0 Å². The predicted octanol–water partition coefficient (Wildman–Crippen LogP) is 4.94. The molecule has 6 nitrogen and oxygen atoms in total. The first kappa shape index (κ1) is 21.3. The molecule has 1 aliphatic carbocycles. The van der Waals surface area contributed by atoms with Crippen molar-refractivity contribution in [1.82, 2.24) is 0 Å². The van der Waals surface area contributed by atoms with Crippen LogP contribution >= 0.6 is 0 Å². The second-order valence-corrected chi connectivity index (χ2v) is 7.37. The number of amides is 2. The van der Waals surface area contributed by atoms with Gasteiger partial charge in [0.15, 0.2) is 0 Å². The van der Waals surface area contributed by atoms with Crippen LogP contribution < -0.4 is 15.4 Å². The van der Waals surface area contributed by atoms with Crippen LogP contribution in [0.15, 0.2) is 60.7 Å². The van der Waals surface area contributed by atoms with E-state index in [1.807, 2.05) is 6.08 Å². The van der Waals surface area contributed by atoms with Crippen LogP contribution in [0.2, 0.25) is 0 Å². The maximum Gasteiger partial charge on any atom is 0.308 e. The van der Waals surface area contributed by atoms with Gasteiger partial charge in [-0.2, -0.15) is 0 Å². The average Bonchev–Trinajstić information content (AvgIpc) is 2.74. The van der Waals surface area contributed by atoms with E-state index in [1.54, 1.807) is 48.5 Å². The molecule has 0 bridgehead atoms. The fraction of sp³-hybridized carbons (Fsp3) is 0.292. The molecule has 1 saturated carbocycles. The smallest absolute Gasteiger partial charge is 0.308 e. The molecule has 1 fully saturated rings. The molecule has 0 saturated heterocycles. The third-order valence-corrected chi connectivity index (χ3v) is 4.96. The minimum absolute atomic E-state index is 0.223. The summed E-state index contributed by atoms with van der Waals surface area (Å²) >= 11 is 0. The minimum Gasteiger partial charge on any atom is -0.427 e. The molecule has 0 aromatic heterocycles. The number of para-hydroxylation sites is 2. The fourth-order valence-electron chi connectivity index (χ4n) is 3.49. The van der Waals surface area contributed by atoms with Gasteiger partial charge in [0, 0.05) is 12.5 Å². The molecular weight excluding hydrogens is 380 g/mol. The fourth-order valence-corrected chi connectivity index (χ4v) is 3.49. The topological polar surface area (TPSA) is 84.5 Å². The number of benzene rings is 2. The maximum atomic E-state index is 12.6.